The standard InChI is InChI=1S/C9H9FOS/c10-7-1-2-9-6(3-7)4-8(5-12)11-9/h1-3,8,12H,4-5H2. The summed E-state index contributed by atoms with van der Waals surface area (Å²) in [4.78, 5) is 0. The third kappa shape index (κ3) is 1.29. The van der Waals surface area contributed by atoms with Crippen LogP contribution in [0, 0.1) is 5.82 Å². The lowest BCUT2D eigenvalue weighted by atomic mass is 10.1. The summed E-state index contributed by atoms with van der Waals surface area (Å²) < 4.78 is 18.2. The van der Waals surface area contributed by atoms with Gasteiger partial charge in [-0.25, -0.2) is 4.39 Å². The van der Waals surface area contributed by atoms with Crippen LogP contribution in [-0.2, 0) is 6.42 Å². The molecule has 1 heterocycles. The number of benzene rings is 1. The van der Waals surface area contributed by atoms with Crippen LogP contribution < -0.4 is 4.74 Å². The Hall–Kier alpha value is -0.700. The molecule has 1 atom stereocenters. The fourth-order valence-electron chi connectivity index (χ4n) is 1.39. The van der Waals surface area contributed by atoms with Gasteiger partial charge < -0.3 is 4.74 Å². The van der Waals surface area contributed by atoms with Crippen molar-refractivity contribution in [2.24, 2.45) is 0 Å². The number of hydrogen-bond acceptors (Lipinski definition) is 2. The van der Waals surface area contributed by atoms with Crippen LogP contribution in [0.4, 0.5) is 4.39 Å². The lowest BCUT2D eigenvalue weighted by molar-refractivity contribution is 0.260. The minimum absolute atomic E-state index is 0.116. The van der Waals surface area contributed by atoms with E-state index in [0.717, 1.165) is 17.7 Å². The molecule has 1 aromatic carbocycles. The zero-order valence-electron chi connectivity index (χ0n) is 6.46. The van der Waals surface area contributed by atoms with E-state index in [1.807, 2.05) is 0 Å². The molecule has 0 bridgehead atoms. The number of hydrogen-bond donors (Lipinski definition) is 1. The molecule has 1 aromatic rings. The molecule has 12 heavy (non-hydrogen) atoms. The molecule has 0 aromatic heterocycles. The zero-order chi connectivity index (χ0) is 8.55. The van der Waals surface area contributed by atoms with E-state index in [-0.39, 0.29) is 11.9 Å². The van der Waals surface area contributed by atoms with Gasteiger partial charge in [0, 0.05) is 17.7 Å². The van der Waals surface area contributed by atoms with Crippen molar-refractivity contribution in [3.63, 3.8) is 0 Å². The van der Waals surface area contributed by atoms with Gasteiger partial charge in [0.25, 0.3) is 0 Å². The highest BCUT2D eigenvalue weighted by Gasteiger charge is 2.21. The summed E-state index contributed by atoms with van der Waals surface area (Å²) in [6.07, 6.45) is 0.890. The van der Waals surface area contributed by atoms with Gasteiger partial charge in [0.1, 0.15) is 17.7 Å². The largest absolute Gasteiger partial charge is 0.489 e. The predicted octanol–water partition coefficient (Wildman–Crippen LogP) is 2.06. The van der Waals surface area contributed by atoms with Crippen LogP contribution in [0.15, 0.2) is 18.2 Å². The van der Waals surface area contributed by atoms with E-state index in [9.17, 15) is 4.39 Å². The number of ether oxygens (including phenoxy) is 1. The Morgan fingerprint density at radius 2 is 2.42 bits per heavy atom. The van der Waals surface area contributed by atoms with Crippen molar-refractivity contribution in [1.82, 2.24) is 0 Å². The van der Waals surface area contributed by atoms with Crippen LogP contribution in [-0.4, -0.2) is 11.9 Å². The second-order valence-electron chi connectivity index (χ2n) is 2.88. The summed E-state index contributed by atoms with van der Waals surface area (Å²) in [6, 6.07) is 4.62. The van der Waals surface area contributed by atoms with Crippen LogP contribution in [0.3, 0.4) is 0 Å². The summed E-state index contributed by atoms with van der Waals surface area (Å²) in [5.41, 5.74) is 0.953. The molecule has 2 rings (SSSR count). The molecule has 0 aliphatic carbocycles. The third-order valence-electron chi connectivity index (χ3n) is 1.97. The number of fused-ring (bicyclic) bond motifs is 1. The highest BCUT2D eigenvalue weighted by Crippen LogP contribution is 2.29. The van der Waals surface area contributed by atoms with Gasteiger partial charge in [0.2, 0.25) is 0 Å². The lowest BCUT2D eigenvalue weighted by Gasteiger charge is -2.04. The van der Waals surface area contributed by atoms with Gasteiger partial charge in [-0.1, -0.05) is 0 Å². The van der Waals surface area contributed by atoms with E-state index in [2.05, 4.69) is 12.6 Å². The number of thiol groups is 1. The van der Waals surface area contributed by atoms with E-state index >= 15 is 0 Å². The van der Waals surface area contributed by atoms with Crippen molar-refractivity contribution in [2.75, 3.05) is 5.75 Å². The van der Waals surface area contributed by atoms with Crippen LogP contribution in [0.2, 0.25) is 0 Å². The molecule has 0 N–H and O–H groups in total. The fraction of sp³-hybridized carbons (Fsp3) is 0.333. The predicted molar refractivity (Wildman–Crippen MR) is 48.4 cm³/mol. The van der Waals surface area contributed by atoms with Crippen molar-refractivity contribution in [3.05, 3.63) is 29.6 Å². The number of rotatable bonds is 1. The second-order valence-corrected chi connectivity index (χ2v) is 3.24. The molecular formula is C9H9FOS. The molecular weight excluding hydrogens is 175 g/mol. The molecule has 1 aliphatic heterocycles. The van der Waals surface area contributed by atoms with Crippen LogP contribution in [0.5, 0.6) is 5.75 Å². The normalized spacial score (nSPS) is 20.3. The average Bonchev–Trinajstić information content (AvgIpc) is 2.46. The van der Waals surface area contributed by atoms with E-state index in [4.69, 9.17) is 4.74 Å². The van der Waals surface area contributed by atoms with Gasteiger partial charge in [-0.05, 0) is 18.2 Å². The molecule has 0 radical (unpaired) electrons. The van der Waals surface area contributed by atoms with E-state index in [0.29, 0.717) is 5.75 Å². The van der Waals surface area contributed by atoms with Crippen molar-refractivity contribution < 1.29 is 9.13 Å². The Kier molecular flexibility index (Phi) is 1.97. The maximum absolute atomic E-state index is 12.7. The number of halogens is 1. The summed E-state index contributed by atoms with van der Waals surface area (Å²) in [6.45, 7) is 0. The van der Waals surface area contributed by atoms with Crippen LogP contribution in [0.25, 0.3) is 0 Å². The average molecular weight is 184 g/mol. The summed E-state index contributed by atoms with van der Waals surface area (Å²) in [5, 5.41) is 0. The minimum Gasteiger partial charge on any atom is -0.489 e. The Labute approximate surface area is 76.0 Å². The van der Waals surface area contributed by atoms with Gasteiger partial charge in [0.05, 0.1) is 0 Å². The third-order valence-corrected chi connectivity index (χ3v) is 2.37. The Morgan fingerprint density at radius 1 is 1.58 bits per heavy atom. The Balaban J connectivity index is 2.30. The SMILES string of the molecule is Fc1ccc2c(c1)CC(CS)O2. The van der Waals surface area contributed by atoms with Crippen LogP contribution >= 0.6 is 12.6 Å². The first-order valence-corrected chi connectivity index (χ1v) is 4.49. The van der Waals surface area contributed by atoms with E-state index in [1.54, 1.807) is 6.07 Å². The minimum atomic E-state index is -0.197. The van der Waals surface area contributed by atoms with Gasteiger partial charge in [-0.2, -0.15) is 12.6 Å². The van der Waals surface area contributed by atoms with Crippen molar-refractivity contribution >= 4 is 12.6 Å². The van der Waals surface area contributed by atoms with Crippen molar-refractivity contribution in [1.29, 1.82) is 0 Å². The van der Waals surface area contributed by atoms with Gasteiger partial charge in [-0.3, -0.25) is 0 Å². The lowest BCUT2D eigenvalue weighted by Crippen LogP contribution is -2.13. The van der Waals surface area contributed by atoms with E-state index in [1.165, 1.54) is 12.1 Å². The first-order valence-electron chi connectivity index (χ1n) is 3.85. The van der Waals surface area contributed by atoms with Crippen LogP contribution in [0.1, 0.15) is 5.56 Å². The maximum atomic E-state index is 12.7. The summed E-state index contributed by atoms with van der Waals surface area (Å²) >= 11 is 4.13. The smallest absolute Gasteiger partial charge is 0.123 e. The Bertz CT molecular complexity index is 301. The zero-order valence-corrected chi connectivity index (χ0v) is 7.35. The maximum Gasteiger partial charge on any atom is 0.123 e. The topological polar surface area (TPSA) is 9.23 Å². The molecule has 0 saturated carbocycles. The molecule has 1 unspecified atom stereocenters. The first kappa shape index (κ1) is 7.92. The molecule has 64 valence electrons. The summed E-state index contributed by atoms with van der Waals surface area (Å²) in [5.74, 6) is 1.28. The molecule has 0 spiro atoms. The van der Waals surface area contributed by atoms with Crippen molar-refractivity contribution in [2.45, 2.75) is 12.5 Å². The van der Waals surface area contributed by atoms with Gasteiger partial charge >= 0.3 is 0 Å². The van der Waals surface area contributed by atoms with Gasteiger partial charge in [0.15, 0.2) is 0 Å². The molecule has 0 saturated heterocycles. The molecule has 1 aliphatic rings. The second kappa shape index (κ2) is 2.98. The fourth-order valence-corrected chi connectivity index (χ4v) is 1.59. The quantitative estimate of drug-likeness (QED) is 0.657. The molecule has 0 fully saturated rings. The first-order chi connectivity index (χ1) is 5.79. The summed E-state index contributed by atoms with van der Waals surface area (Å²) in [7, 11) is 0. The van der Waals surface area contributed by atoms with E-state index < -0.39 is 0 Å². The Morgan fingerprint density at radius 3 is 3.17 bits per heavy atom. The molecule has 1 nitrogen and oxygen atoms in total. The van der Waals surface area contributed by atoms with Gasteiger partial charge in [-0.15, -0.1) is 0 Å². The molecule has 0 amide bonds. The van der Waals surface area contributed by atoms with Crippen molar-refractivity contribution in [3.8, 4) is 5.75 Å². The monoisotopic (exact) mass is 184 g/mol. The highest BCUT2D eigenvalue weighted by atomic mass is 32.1. The highest BCUT2D eigenvalue weighted by molar-refractivity contribution is 7.80. The molecule has 3 heteroatoms.